The van der Waals surface area contributed by atoms with E-state index in [0.29, 0.717) is 27.8 Å². The van der Waals surface area contributed by atoms with Crippen molar-refractivity contribution in [3.8, 4) is 11.3 Å². The molecule has 1 aliphatic heterocycles. The second kappa shape index (κ2) is 6.65. The van der Waals surface area contributed by atoms with E-state index in [4.69, 9.17) is 16.0 Å². The number of hydrogen-bond acceptors (Lipinski definition) is 3. The Hall–Kier alpha value is -3.11. The lowest BCUT2D eigenvalue weighted by molar-refractivity contribution is -0.114. The molecule has 0 unspecified atom stereocenters. The molecule has 3 aromatic rings. The van der Waals surface area contributed by atoms with Crippen molar-refractivity contribution < 1.29 is 9.21 Å². The third kappa shape index (κ3) is 3.07. The van der Waals surface area contributed by atoms with Crippen molar-refractivity contribution in [1.82, 2.24) is 0 Å². The fourth-order valence-electron chi connectivity index (χ4n) is 2.77. The number of carbonyl (C=O) groups is 1. The number of para-hydroxylation sites is 1. The van der Waals surface area contributed by atoms with Gasteiger partial charge >= 0.3 is 0 Å². The van der Waals surface area contributed by atoms with Gasteiger partial charge in [-0.2, -0.15) is 10.1 Å². The van der Waals surface area contributed by atoms with Gasteiger partial charge < -0.3 is 4.42 Å². The molecule has 1 amide bonds. The number of rotatable bonds is 3. The number of nitrogens with zero attached hydrogens (tertiary/aromatic N) is 2. The Labute approximate surface area is 156 Å². The lowest BCUT2D eigenvalue weighted by atomic mass is 10.1. The maximum absolute atomic E-state index is 12.7. The summed E-state index contributed by atoms with van der Waals surface area (Å²) in [5.74, 6) is 1.15. The van der Waals surface area contributed by atoms with Crippen molar-refractivity contribution >= 4 is 35.0 Å². The monoisotopic (exact) mass is 362 g/mol. The number of hydrazone groups is 1. The first-order chi connectivity index (χ1) is 12.6. The molecule has 128 valence electrons. The summed E-state index contributed by atoms with van der Waals surface area (Å²) in [4.78, 5) is 12.7. The minimum Gasteiger partial charge on any atom is -0.457 e. The minimum absolute atomic E-state index is 0.168. The molecule has 2 heterocycles. The van der Waals surface area contributed by atoms with Crippen LogP contribution in [-0.2, 0) is 4.79 Å². The Morgan fingerprint density at radius 2 is 1.73 bits per heavy atom. The van der Waals surface area contributed by atoms with Gasteiger partial charge in [0.15, 0.2) is 0 Å². The first kappa shape index (κ1) is 16.4. The summed E-state index contributed by atoms with van der Waals surface area (Å²) in [5.41, 5.74) is 2.84. The predicted octanol–water partition coefficient (Wildman–Crippen LogP) is 5.41. The number of anilines is 1. The summed E-state index contributed by atoms with van der Waals surface area (Å²) < 4.78 is 5.86. The van der Waals surface area contributed by atoms with Gasteiger partial charge in [0.1, 0.15) is 11.5 Å². The first-order valence-electron chi connectivity index (χ1n) is 8.14. The predicted molar refractivity (Wildman–Crippen MR) is 104 cm³/mol. The zero-order chi connectivity index (χ0) is 18.1. The highest BCUT2D eigenvalue weighted by Crippen LogP contribution is 2.28. The zero-order valence-corrected chi connectivity index (χ0v) is 14.8. The van der Waals surface area contributed by atoms with Gasteiger partial charge in [0.25, 0.3) is 5.91 Å². The average Bonchev–Trinajstić information content (AvgIpc) is 3.23. The standard InChI is InChI=1S/C21H15ClN2O2/c1-14-19(21(25)24(23-14)17-5-3-2-4-6-17)13-18-11-12-20(26-18)15-7-9-16(22)10-8-15/h2-13H,1H3. The van der Waals surface area contributed by atoms with Gasteiger partial charge in [-0.1, -0.05) is 29.8 Å². The Bertz CT molecular complexity index is 1020. The minimum atomic E-state index is -0.168. The van der Waals surface area contributed by atoms with Gasteiger partial charge in [-0.05, 0) is 61.5 Å². The molecular formula is C21H15ClN2O2. The Balaban J connectivity index is 1.62. The number of furan rings is 1. The molecule has 0 atom stereocenters. The van der Waals surface area contributed by atoms with E-state index >= 15 is 0 Å². The number of halogens is 1. The molecule has 0 aliphatic carbocycles. The van der Waals surface area contributed by atoms with Crippen molar-refractivity contribution in [3.63, 3.8) is 0 Å². The van der Waals surface area contributed by atoms with Crippen LogP contribution < -0.4 is 5.01 Å². The molecule has 0 radical (unpaired) electrons. The van der Waals surface area contributed by atoms with E-state index in [2.05, 4.69) is 5.10 Å². The normalized spacial score (nSPS) is 15.6. The van der Waals surface area contributed by atoms with E-state index in [1.165, 1.54) is 5.01 Å². The molecule has 5 heteroatoms. The molecule has 26 heavy (non-hydrogen) atoms. The van der Waals surface area contributed by atoms with Gasteiger partial charge in [-0.3, -0.25) is 4.79 Å². The second-order valence-electron chi connectivity index (χ2n) is 5.90. The summed E-state index contributed by atoms with van der Waals surface area (Å²) >= 11 is 5.92. The van der Waals surface area contributed by atoms with Crippen LogP contribution in [0.5, 0.6) is 0 Å². The van der Waals surface area contributed by atoms with E-state index in [0.717, 1.165) is 11.3 Å². The summed E-state index contributed by atoms with van der Waals surface area (Å²) in [6.45, 7) is 1.82. The molecule has 0 saturated carbocycles. The SMILES string of the molecule is CC1=NN(c2ccccc2)C(=O)C1=Cc1ccc(-c2ccc(Cl)cc2)o1. The van der Waals surface area contributed by atoms with Gasteiger partial charge in [-0.25, -0.2) is 0 Å². The van der Waals surface area contributed by atoms with Crippen LogP contribution in [0.1, 0.15) is 12.7 Å². The average molecular weight is 363 g/mol. The maximum Gasteiger partial charge on any atom is 0.280 e. The fourth-order valence-corrected chi connectivity index (χ4v) is 2.90. The van der Waals surface area contributed by atoms with Crippen LogP contribution >= 0.6 is 11.6 Å². The lowest BCUT2D eigenvalue weighted by Crippen LogP contribution is -2.21. The van der Waals surface area contributed by atoms with Crippen LogP contribution in [0.2, 0.25) is 5.02 Å². The van der Waals surface area contributed by atoms with Crippen LogP contribution in [0.4, 0.5) is 5.69 Å². The van der Waals surface area contributed by atoms with Crippen molar-refractivity contribution in [3.05, 3.63) is 83.1 Å². The molecule has 0 N–H and O–H groups in total. The molecule has 1 aliphatic rings. The Morgan fingerprint density at radius 1 is 1.00 bits per heavy atom. The second-order valence-corrected chi connectivity index (χ2v) is 6.34. The fraction of sp³-hybridized carbons (Fsp3) is 0.0476. The van der Waals surface area contributed by atoms with Crippen LogP contribution in [0.25, 0.3) is 17.4 Å². The summed E-state index contributed by atoms with van der Waals surface area (Å²) in [6.07, 6.45) is 1.73. The van der Waals surface area contributed by atoms with E-state index in [1.54, 1.807) is 6.08 Å². The molecule has 1 aromatic heterocycles. The lowest BCUT2D eigenvalue weighted by Gasteiger charge is -2.10. The number of benzene rings is 2. The first-order valence-corrected chi connectivity index (χ1v) is 8.52. The highest BCUT2D eigenvalue weighted by atomic mass is 35.5. The smallest absolute Gasteiger partial charge is 0.280 e. The van der Waals surface area contributed by atoms with E-state index < -0.39 is 0 Å². The van der Waals surface area contributed by atoms with Gasteiger partial charge in [0.05, 0.1) is 17.0 Å². The molecular weight excluding hydrogens is 348 g/mol. The van der Waals surface area contributed by atoms with E-state index in [-0.39, 0.29) is 5.91 Å². The molecule has 0 spiro atoms. The zero-order valence-electron chi connectivity index (χ0n) is 14.0. The van der Waals surface area contributed by atoms with E-state index in [1.807, 2.05) is 73.7 Å². The molecule has 2 aromatic carbocycles. The van der Waals surface area contributed by atoms with Gasteiger partial charge in [0.2, 0.25) is 0 Å². The van der Waals surface area contributed by atoms with E-state index in [9.17, 15) is 4.79 Å². The van der Waals surface area contributed by atoms with Crippen molar-refractivity contribution in [2.45, 2.75) is 6.92 Å². The van der Waals surface area contributed by atoms with Gasteiger partial charge in [0, 0.05) is 10.6 Å². The summed E-state index contributed by atoms with van der Waals surface area (Å²) in [6, 6.07) is 20.5. The summed E-state index contributed by atoms with van der Waals surface area (Å²) in [7, 11) is 0. The van der Waals surface area contributed by atoms with Crippen molar-refractivity contribution in [1.29, 1.82) is 0 Å². The topological polar surface area (TPSA) is 45.8 Å². The number of carbonyl (C=O) groups excluding carboxylic acids is 1. The van der Waals surface area contributed by atoms with Crippen LogP contribution in [-0.4, -0.2) is 11.6 Å². The van der Waals surface area contributed by atoms with Gasteiger partial charge in [-0.15, -0.1) is 0 Å². The molecule has 0 fully saturated rings. The molecule has 4 nitrogen and oxygen atoms in total. The molecule has 4 rings (SSSR count). The van der Waals surface area contributed by atoms with Crippen LogP contribution in [0, 0.1) is 0 Å². The summed E-state index contributed by atoms with van der Waals surface area (Å²) in [5, 5.41) is 6.45. The maximum atomic E-state index is 12.7. The quantitative estimate of drug-likeness (QED) is 0.585. The molecule has 0 saturated heterocycles. The van der Waals surface area contributed by atoms with Crippen molar-refractivity contribution in [2.24, 2.45) is 5.10 Å². The highest BCUT2D eigenvalue weighted by Gasteiger charge is 2.28. The third-order valence-corrected chi connectivity index (χ3v) is 4.36. The number of amides is 1. The van der Waals surface area contributed by atoms with Crippen LogP contribution in [0.3, 0.4) is 0 Å². The Kier molecular flexibility index (Phi) is 4.19. The molecule has 0 bridgehead atoms. The van der Waals surface area contributed by atoms with Crippen molar-refractivity contribution in [2.75, 3.05) is 5.01 Å². The van der Waals surface area contributed by atoms with Crippen LogP contribution in [0.15, 0.2) is 81.8 Å². The third-order valence-electron chi connectivity index (χ3n) is 4.11. The number of hydrogen-bond donors (Lipinski definition) is 0. The largest absolute Gasteiger partial charge is 0.457 e. The Morgan fingerprint density at radius 3 is 2.46 bits per heavy atom. The highest BCUT2D eigenvalue weighted by molar-refractivity contribution is 6.32.